The molecule has 2 fully saturated rings. The monoisotopic (exact) mass is 564 g/mol. The van der Waals surface area contributed by atoms with Crippen LogP contribution in [0.3, 0.4) is 0 Å². The van der Waals surface area contributed by atoms with Gasteiger partial charge in [-0.2, -0.15) is 5.26 Å². The number of nitrogens with one attached hydrogen (secondary N) is 1. The third-order valence-electron chi connectivity index (χ3n) is 7.18. The summed E-state index contributed by atoms with van der Waals surface area (Å²) >= 11 is 0. The van der Waals surface area contributed by atoms with Gasteiger partial charge in [-0.05, 0) is 40.6 Å². The third-order valence-corrected chi connectivity index (χ3v) is 7.18. The fourth-order valence-corrected chi connectivity index (χ4v) is 4.90. The van der Waals surface area contributed by atoms with Crippen LogP contribution < -0.4 is 10.2 Å². The van der Waals surface area contributed by atoms with Gasteiger partial charge in [0.05, 0.1) is 32.5 Å². The van der Waals surface area contributed by atoms with Gasteiger partial charge in [0.25, 0.3) is 5.91 Å². The fraction of sp³-hybridized carbons (Fsp3) is 0.429. The topological polar surface area (TPSA) is 175 Å². The minimum Gasteiger partial charge on any atom is -0.388 e. The van der Waals surface area contributed by atoms with Gasteiger partial charge in [-0.1, -0.05) is 23.4 Å². The molecule has 5 rings (SSSR count). The molecule has 5 unspecified atom stereocenters. The second-order valence-corrected chi connectivity index (χ2v) is 9.93. The first-order valence-electron chi connectivity index (χ1n) is 13.2. The minimum atomic E-state index is -1.45. The van der Waals surface area contributed by atoms with Crippen LogP contribution in [0.2, 0.25) is 0 Å². The average Bonchev–Trinajstić information content (AvgIpc) is 3.46. The Bertz CT molecular complexity index is 1450. The van der Waals surface area contributed by atoms with Crippen molar-refractivity contribution in [3.63, 3.8) is 0 Å². The largest absolute Gasteiger partial charge is 0.388 e. The molecule has 4 N–H and O–H groups in total. The lowest BCUT2D eigenvalue weighted by molar-refractivity contribution is -0.292. The summed E-state index contributed by atoms with van der Waals surface area (Å²) < 4.78 is 17.3. The Labute approximate surface area is 236 Å². The summed E-state index contributed by atoms with van der Waals surface area (Å²) in [5.41, 5.74) is 2.21. The number of nitrogens with zero attached hydrogens (tertiary/aromatic N) is 5. The number of ether oxygens (including phenoxy) is 3. The number of anilines is 1. The van der Waals surface area contributed by atoms with Crippen molar-refractivity contribution >= 4 is 28.4 Å². The first kappa shape index (κ1) is 28.6. The first-order chi connectivity index (χ1) is 19.9. The quantitative estimate of drug-likeness (QED) is 0.213. The Morgan fingerprint density at radius 3 is 2.66 bits per heavy atom. The molecule has 0 bridgehead atoms. The number of carbonyl (C=O) groups is 1. The number of hydrogen-bond donors (Lipinski definition) is 4. The molecule has 0 radical (unpaired) electrons. The maximum absolute atomic E-state index is 12.7. The predicted molar refractivity (Wildman–Crippen MR) is 146 cm³/mol. The van der Waals surface area contributed by atoms with Gasteiger partial charge in [-0.3, -0.25) is 4.79 Å². The molecule has 13 heteroatoms. The Kier molecular flexibility index (Phi) is 8.89. The highest BCUT2D eigenvalue weighted by molar-refractivity contribution is 6.02. The normalized spacial score (nSPS) is 25.2. The second-order valence-electron chi connectivity index (χ2n) is 9.93. The molecule has 3 aromatic rings. The van der Waals surface area contributed by atoms with E-state index >= 15 is 0 Å². The molecule has 13 nitrogen and oxygen atoms in total. The number of aromatic nitrogens is 3. The molecule has 5 atom stereocenters. The molecule has 2 saturated heterocycles. The van der Waals surface area contributed by atoms with Crippen molar-refractivity contribution in [1.82, 2.24) is 20.3 Å². The summed E-state index contributed by atoms with van der Waals surface area (Å²) in [6.07, 6.45) is -3.15. The minimum absolute atomic E-state index is 0.00992. The molecule has 0 spiro atoms. The van der Waals surface area contributed by atoms with E-state index in [0.717, 1.165) is 35.1 Å². The van der Waals surface area contributed by atoms with Crippen molar-refractivity contribution in [2.24, 2.45) is 0 Å². The van der Waals surface area contributed by atoms with Gasteiger partial charge in [0, 0.05) is 25.9 Å². The van der Waals surface area contributed by atoms with E-state index in [4.69, 9.17) is 14.2 Å². The summed E-state index contributed by atoms with van der Waals surface area (Å²) in [7, 11) is 1.32. The van der Waals surface area contributed by atoms with Crippen molar-refractivity contribution < 1.29 is 34.3 Å². The van der Waals surface area contributed by atoms with E-state index in [1.54, 1.807) is 6.20 Å². The van der Waals surface area contributed by atoms with Crippen LogP contribution in [0.4, 0.5) is 5.69 Å². The zero-order chi connectivity index (χ0) is 28.9. The molecule has 0 aliphatic carbocycles. The molecular formula is C28H32N6O7. The number of benzene rings is 2. The van der Waals surface area contributed by atoms with E-state index in [-0.39, 0.29) is 18.7 Å². The summed E-state index contributed by atoms with van der Waals surface area (Å²) in [5.74, 6) is -0.559. The summed E-state index contributed by atoms with van der Waals surface area (Å²) in [4.78, 5) is 15.0. The third kappa shape index (κ3) is 6.54. The van der Waals surface area contributed by atoms with E-state index < -0.39 is 36.6 Å². The van der Waals surface area contributed by atoms with E-state index in [1.165, 1.54) is 17.9 Å². The number of aliphatic hydroxyl groups excluding tert-OH is 3. The lowest BCUT2D eigenvalue weighted by atomic mass is 9.99. The average molecular weight is 565 g/mol. The number of methoxy groups -OCH3 is 1. The number of hydrogen-bond acceptors (Lipinski definition) is 11. The fourth-order valence-electron chi connectivity index (χ4n) is 4.90. The van der Waals surface area contributed by atoms with E-state index in [9.17, 15) is 25.4 Å². The van der Waals surface area contributed by atoms with E-state index in [0.29, 0.717) is 18.9 Å². The highest BCUT2D eigenvalue weighted by Gasteiger charge is 2.44. The SMILES string of the molecule is COC1OC(Cn2cc(CNC(=O)C(C#N)=Cc3ccc4cc(N5CCOCC5)ccc4c3)nn2)C(O)C(O)C1O. The predicted octanol–water partition coefficient (Wildman–Crippen LogP) is -0.0547. The van der Waals surface area contributed by atoms with Crippen molar-refractivity contribution in [2.75, 3.05) is 38.3 Å². The number of amides is 1. The molecule has 41 heavy (non-hydrogen) atoms. The van der Waals surface area contributed by atoms with Crippen LogP contribution in [0, 0.1) is 11.3 Å². The van der Waals surface area contributed by atoms with Gasteiger partial charge >= 0.3 is 0 Å². The number of fused-ring (bicyclic) bond motifs is 1. The Morgan fingerprint density at radius 1 is 1.15 bits per heavy atom. The van der Waals surface area contributed by atoms with Gasteiger partial charge in [-0.25, -0.2) is 4.68 Å². The lowest BCUT2D eigenvalue weighted by Crippen LogP contribution is -2.58. The Morgan fingerprint density at radius 2 is 1.90 bits per heavy atom. The lowest BCUT2D eigenvalue weighted by Gasteiger charge is -2.39. The van der Waals surface area contributed by atoms with Crippen molar-refractivity contribution in [3.05, 3.63) is 59.4 Å². The van der Waals surface area contributed by atoms with Crippen molar-refractivity contribution in [3.8, 4) is 6.07 Å². The smallest absolute Gasteiger partial charge is 0.262 e. The van der Waals surface area contributed by atoms with Crippen molar-refractivity contribution in [1.29, 1.82) is 5.26 Å². The molecule has 1 aromatic heterocycles. The highest BCUT2D eigenvalue weighted by atomic mass is 16.7. The van der Waals surface area contributed by atoms with Gasteiger partial charge in [0.2, 0.25) is 0 Å². The van der Waals surface area contributed by atoms with Crippen LogP contribution in [-0.2, 0) is 32.1 Å². The number of nitriles is 1. The Hall–Kier alpha value is -3.90. The van der Waals surface area contributed by atoms with E-state index in [2.05, 4.69) is 32.7 Å². The zero-order valence-electron chi connectivity index (χ0n) is 22.5. The summed E-state index contributed by atoms with van der Waals surface area (Å²) in [6.45, 7) is 3.16. The summed E-state index contributed by atoms with van der Waals surface area (Å²) in [6, 6.07) is 13.9. The molecule has 2 aliphatic rings. The van der Waals surface area contributed by atoms with Crippen LogP contribution in [0.5, 0.6) is 0 Å². The van der Waals surface area contributed by atoms with Crippen LogP contribution in [-0.4, -0.2) is 100 Å². The number of carbonyl (C=O) groups excluding carboxylic acids is 1. The van der Waals surface area contributed by atoms with E-state index in [1.807, 2.05) is 30.3 Å². The van der Waals surface area contributed by atoms with Crippen molar-refractivity contribution in [2.45, 2.75) is 43.8 Å². The molecule has 2 aliphatic heterocycles. The van der Waals surface area contributed by atoms with Crippen LogP contribution in [0.25, 0.3) is 16.8 Å². The van der Waals surface area contributed by atoms with Crippen LogP contribution >= 0.6 is 0 Å². The van der Waals surface area contributed by atoms with Gasteiger partial charge < -0.3 is 39.7 Å². The molecule has 2 aromatic carbocycles. The van der Waals surface area contributed by atoms with Crippen LogP contribution in [0.15, 0.2) is 48.2 Å². The molecular weight excluding hydrogens is 532 g/mol. The maximum Gasteiger partial charge on any atom is 0.262 e. The standard InChI is InChI=1S/C28H32N6O7/c1-39-28-26(37)25(36)24(35)23(41-28)16-34-15-21(31-32-34)14-30-27(38)20(13-29)11-17-2-3-19-12-22(5-4-18(19)10-17)33-6-8-40-9-7-33/h2-5,10-12,15,23-26,28,35-37H,6-9,14,16H2,1H3,(H,30,38). The number of aliphatic hydroxyl groups is 3. The number of rotatable bonds is 8. The van der Waals surface area contributed by atoms with Gasteiger partial charge in [0.15, 0.2) is 6.29 Å². The molecule has 216 valence electrons. The highest BCUT2D eigenvalue weighted by Crippen LogP contribution is 2.25. The zero-order valence-corrected chi connectivity index (χ0v) is 22.5. The Balaban J connectivity index is 1.19. The van der Waals surface area contributed by atoms with Gasteiger partial charge in [-0.15, -0.1) is 5.10 Å². The molecule has 0 saturated carbocycles. The maximum atomic E-state index is 12.7. The first-order valence-corrected chi connectivity index (χ1v) is 13.2. The molecule has 1 amide bonds. The second kappa shape index (κ2) is 12.7. The molecule has 3 heterocycles. The van der Waals surface area contributed by atoms with Crippen LogP contribution in [0.1, 0.15) is 11.3 Å². The van der Waals surface area contributed by atoms with Gasteiger partial charge in [0.1, 0.15) is 41.8 Å². The summed E-state index contributed by atoms with van der Waals surface area (Å²) in [5, 5.41) is 52.5. The number of morpholine rings is 1.